The summed E-state index contributed by atoms with van der Waals surface area (Å²) in [5, 5.41) is 2.62. The Morgan fingerprint density at radius 3 is 2.68 bits per heavy atom. The number of amides is 1. The number of aryl methyl sites for hydroxylation is 1. The lowest BCUT2D eigenvalue weighted by molar-refractivity contribution is -0.121. The maximum Gasteiger partial charge on any atom is 0.221 e. The average Bonchev–Trinajstić information content (AvgIpc) is 2.39. The van der Waals surface area contributed by atoms with Crippen LogP contribution in [0, 0.1) is 13.8 Å². The predicted octanol–water partition coefficient (Wildman–Crippen LogP) is 0.948. The molecule has 106 valence electrons. The molecule has 0 saturated heterocycles. The molecule has 0 unspecified atom stereocenters. The molecule has 1 rings (SSSR count). The Bertz CT molecular complexity index is 508. The number of aromatic nitrogens is 1. The molecule has 0 fully saturated rings. The number of H-pyrrole nitrogens is 1. The van der Waals surface area contributed by atoms with Crippen molar-refractivity contribution in [2.45, 2.75) is 39.8 Å². The standard InChI is InChI=1S/C14H23N3O2/c1-9-7-16-12(11(3)14(9)19)8-17(5)10(2)6-13(18)15-4/h7,10H,6,8H2,1-5H3,(H,15,18)(H,16,19)/t10-/m1/s1. The minimum atomic E-state index is 0.0217. The van der Waals surface area contributed by atoms with Crippen LogP contribution in [0.5, 0.6) is 0 Å². The van der Waals surface area contributed by atoms with E-state index in [1.165, 1.54) is 0 Å². The molecular formula is C14H23N3O2. The van der Waals surface area contributed by atoms with Crippen molar-refractivity contribution in [1.82, 2.24) is 15.2 Å². The van der Waals surface area contributed by atoms with E-state index < -0.39 is 0 Å². The number of nitrogens with one attached hydrogen (secondary N) is 2. The minimum absolute atomic E-state index is 0.0217. The van der Waals surface area contributed by atoms with Gasteiger partial charge in [0.15, 0.2) is 5.43 Å². The summed E-state index contributed by atoms with van der Waals surface area (Å²) in [6.07, 6.45) is 2.18. The molecule has 0 spiro atoms. The topological polar surface area (TPSA) is 65.2 Å². The van der Waals surface area contributed by atoms with Gasteiger partial charge in [-0.1, -0.05) is 0 Å². The second-order valence-electron chi connectivity index (χ2n) is 5.05. The van der Waals surface area contributed by atoms with Crippen molar-refractivity contribution in [2.75, 3.05) is 14.1 Å². The molecule has 0 aliphatic heterocycles. The van der Waals surface area contributed by atoms with Crippen molar-refractivity contribution < 1.29 is 4.79 Å². The van der Waals surface area contributed by atoms with Crippen LogP contribution in [0.2, 0.25) is 0 Å². The van der Waals surface area contributed by atoms with E-state index >= 15 is 0 Å². The lowest BCUT2D eigenvalue weighted by Crippen LogP contribution is -2.34. The third-order valence-corrected chi connectivity index (χ3v) is 3.53. The highest BCUT2D eigenvalue weighted by atomic mass is 16.1. The van der Waals surface area contributed by atoms with Gasteiger partial charge < -0.3 is 10.3 Å². The smallest absolute Gasteiger partial charge is 0.221 e. The molecule has 0 radical (unpaired) electrons. The molecule has 19 heavy (non-hydrogen) atoms. The molecule has 0 aromatic carbocycles. The lowest BCUT2D eigenvalue weighted by atomic mass is 10.1. The maximum absolute atomic E-state index is 11.9. The van der Waals surface area contributed by atoms with Gasteiger partial charge in [-0.25, -0.2) is 0 Å². The first-order valence-corrected chi connectivity index (χ1v) is 6.45. The van der Waals surface area contributed by atoms with Gasteiger partial charge in [-0.3, -0.25) is 14.5 Å². The summed E-state index contributed by atoms with van der Waals surface area (Å²) in [5.74, 6) is 0.0217. The minimum Gasteiger partial charge on any atom is -0.363 e. The Labute approximate surface area is 114 Å². The number of pyridine rings is 1. The van der Waals surface area contributed by atoms with Crippen LogP contribution in [0.4, 0.5) is 0 Å². The molecule has 0 aliphatic carbocycles. The van der Waals surface area contributed by atoms with Crippen LogP contribution in [-0.4, -0.2) is 35.9 Å². The lowest BCUT2D eigenvalue weighted by Gasteiger charge is -2.24. The molecule has 2 N–H and O–H groups in total. The Hall–Kier alpha value is -1.62. The van der Waals surface area contributed by atoms with Gasteiger partial charge in [-0.15, -0.1) is 0 Å². The molecule has 1 atom stereocenters. The van der Waals surface area contributed by atoms with Crippen molar-refractivity contribution in [2.24, 2.45) is 0 Å². The van der Waals surface area contributed by atoms with Crippen LogP contribution in [-0.2, 0) is 11.3 Å². The highest BCUT2D eigenvalue weighted by molar-refractivity contribution is 5.76. The Morgan fingerprint density at radius 2 is 2.11 bits per heavy atom. The first-order chi connectivity index (χ1) is 8.86. The predicted molar refractivity (Wildman–Crippen MR) is 76.1 cm³/mol. The van der Waals surface area contributed by atoms with Crippen LogP contribution >= 0.6 is 0 Å². The summed E-state index contributed by atoms with van der Waals surface area (Å²) in [5.41, 5.74) is 2.46. The Balaban J connectivity index is 2.77. The van der Waals surface area contributed by atoms with Gasteiger partial charge in [0.25, 0.3) is 0 Å². The highest BCUT2D eigenvalue weighted by Gasteiger charge is 2.15. The van der Waals surface area contributed by atoms with Crippen LogP contribution in [0.3, 0.4) is 0 Å². The van der Waals surface area contributed by atoms with Crippen molar-refractivity contribution in [3.8, 4) is 0 Å². The van der Waals surface area contributed by atoms with Gasteiger partial charge in [0.2, 0.25) is 5.91 Å². The van der Waals surface area contributed by atoms with E-state index in [0.29, 0.717) is 13.0 Å². The molecule has 1 aromatic heterocycles. The fraction of sp³-hybridized carbons (Fsp3) is 0.571. The first-order valence-electron chi connectivity index (χ1n) is 6.45. The summed E-state index contributed by atoms with van der Waals surface area (Å²) >= 11 is 0. The second kappa shape index (κ2) is 6.52. The molecule has 5 heteroatoms. The number of carbonyl (C=O) groups excluding carboxylic acids is 1. The largest absolute Gasteiger partial charge is 0.363 e. The number of carbonyl (C=O) groups is 1. The molecule has 0 bridgehead atoms. The fourth-order valence-electron chi connectivity index (χ4n) is 1.90. The molecule has 5 nitrogen and oxygen atoms in total. The summed E-state index contributed by atoms with van der Waals surface area (Å²) in [6.45, 7) is 6.25. The zero-order valence-corrected chi connectivity index (χ0v) is 12.3. The van der Waals surface area contributed by atoms with E-state index in [4.69, 9.17) is 0 Å². The zero-order valence-electron chi connectivity index (χ0n) is 12.3. The molecule has 0 aliphatic rings. The normalized spacial score (nSPS) is 12.5. The summed E-state index contributed by atoms with van der Waals surface area (Å²) in [4.78, 5) is 28.4. The molecule has 1 aromatic rings. The summed E-state index contributed by atoms with van der Waals surface area (Å²) in [6, 6.07) is 0.115. The average molecular weight is 265 g/mol. The summed E-state index contributed by atoms with van der Waals surface area (Å²) < 4.78 is 0. The van der Waals surface area contributed by atoms with Gasteiger partial charge in [0.1, 0.15) is 0 Å². The van der Waals surface area contributed by atoms with E-state index in [-0.39, 0.29) is 17.4 Å². The van der Waals surface area contributed by atoms with E-state index in [2.05, 4.69) is 15.2 Å². The number of rotatable bonds is 5. The highest BCUT2D eigenvalue weighted by Crippen LogP contribution is 2.09. The molecule has 0 saturated carbocycles. The second-order valence-corrected chi connectivity index (χ2v) is 5.05. The maximum atomic E-state index is 11.9. The van der Waals surface area contributed by atoms with E-state index in [1.807, 2.05) is 20.9 Å². The Morgan fingerprint density at radius 1 is 1.47 bits per heavy atom. The van der Waals surface area contributed by atoms with Gasteiger partial charge in [0.05, 0.1) is 0 Å². The van der Waals surface area contributed by atoms with Crippen molar-refractivity contribution in [1.29, 1.82) is 0 Å². The van der Waals surface area contributed by atoms with Gasteiger partial charge in [-0.05, 0) is 27.8 Å². The van der Waals surface area contributed by atoms with Gasteiger partial charge in [-0.2, -0.15) is 0 Å². The van der Waals surface area contributed by atoms with Gasteiger partial charge in [0, 0.05) is 49.1 Å². The first kappa shape index (κ1) is 15.4. The summed E-state index contributed by atoms with van der Waals surface area (Å²) in [7, 11) is 3.59. The van der Waals surface area contributed by atoms with Crippen molar-refractivity contribution in [3.63, 3.8) is 0 Å². The van der Waals surface area contributed by atoms with Crippen LogP contribution < -0.4 is 10.7 Å². The van der Waals surface area contributed by atoms with E-state index in [0.717, 1.165) is 16.8 Å². The Kier molecular flexibility index (Phi) is 5.30. The number of aromatic amines is 1. The third kappa shape index (κ3) is 3.92. The SMILES string of the molecule is CNC(=O)C[C@@H](C)N(C)Cc1[nH]cc(C)c(=O)c1C. The van der Waals surface area contributed by atoms with Crippen LogP contribution in [0.25, 0.3) is 0 Å². The fourth-order valence-corrected chi connectivity index (χ4v) is 1.90. The molecule has 1 amide bonds. The van der Waals surface area contributed by atoms with Gasteiger partial charge >= 0.3 is 0 Å². The number of hydrogen-bond acceptors (Lipinski definition) is 3. The monoisotopic (exact) mass is 265 g/mol. The van der Waals surface area contributed by atoms with E-state index in [9.17, 15) is 9.59 Å². The van der Waals surface area contributed by atoms with Crippen molar-refractivity contribution in [3.05, 3.63) is 33.2 Å². The number of hydrogen-bond donors (Lipinski definition) is 2. The van der Waals surface area contributed by atoms with Crippen LogP contribution in [0.15, 0.2) is 11.0 Å². The number of nitrogens with zero attached hydrogens (tertiary/aromatic N) is 1. The third-order valence-electron chi connectivity index (χ3n) is 3.53. The van der Waals surface area contributed by atoms with Crippen molar-refractivity contribution >= 4 is 5.91 Å². The zero-order chi connectivity index (χ0) is 14.6. The molecule has 1 heterocycles. The van der Waals surface area contributed by atoms with Crippen LogP contribution in [0.1, 0.15) is 30.2 Å². The molecular weight excluding hydrogens is 242 g/mol. The van der Waals surface area contributed by atoms with E-state index in [1.54, 1.807) is 20.2 Å². The quantitative estimate of drug-likeness (QED) is 0.833.